The van der Waals surface area contributed by atoms with Gasteiger partial charge in [0.05, 0.1) is 17.8 Å². The van der Waals surface area contributed by atoms with E-state index in [1.807, 2.05) is 25.2 Å². The fourth-order valence-electron chi connectivity index (χ4n) is 1.93. The largest absolute Gasteiger partial charge is 0.489 e. The molecule has 0 saturated carbocycles. The lowest BCUT2D eigenvalue weighted by molar-refractivity contribution is 0.261. The van der Waals surface area contributed by atoms with Gasteiger partial charge in [0.1, 0.15) is 12.4 Å². The topological polar surface area (TPSA) is 62.3 Å². The van der Waals surface area contributed by atoms with Crippen LogP contribution in [-0.2, 0) is 0 Å². The maximum atomic E-state index is 8.59. The van der Waals surface area contributed by atoms with Crippen molar-refractivity contribution in [1.29, 1.82) is 5.26 Å². The molecule has 1 aliphatic rings. The molecule has 1 aliphatic heterocycles. The predicted octanol–water partition coefficient (Wildman–Crippen LogP) is 1.77. The van der Waals surface area contributed by atoms with Crippen LogP contribution in [0.3, 0.4) is 0 Å². The van der Waals surface area contributed by atoms with Crippen LogP contribution < -0.4 is 15.4 Å². The van der Waals surface area contributed by atoms with Gasteiger partial charge in [-0.15, -0.1) is 0 Å². The van der Waals surface area contributed by atoms with Gasteiger partial charge in [0, 0.05) is 19.2 Å². The molecule has 16 heavy (non-hydrogen) atoms. The van der Waals surface area contributed by atoms with E-state index in [4.69, 9.17) is 15.7 Å². The first-order valence-electron chi connectivity index (χ1n) is 5.34. The van der Waals surface area contributed by atoms with Crippen LogP contribution in [0.2, 0.25) is 0 Å². The molecule has 0 radical (unpaired) electrons. The lowest BCUT2D eigenvalue weighted by Gasteiger charge is -2.35. The quantitative estimate of drug-likeness (QED) is 0.767. The van der Waals surface area contributed by atoms with Crippen LogP contribution in [0.4, 0.5) is 11.4 Å². The summed E-state index contributed by atoms with van der Waals surface area (Å²) in [6.07, 6.45) is 1.37. The summed E-state index contributed by atoms with van der Waals surface area (Å²) >= 11 is 0. The molecule has 0 aliphatic carbocycles. The molecular weight excluding hydrogens is 202 g/mol. The molecule has 1 aromatic carbocycles. The molecule has 1 aromatic rings. The van der Waals surface area contributed by atoms with E-state index in [-0.39, 0.29) is 6.04 Å². The van der Waals surface area contributed by atoms with Crippen molar-refractivity contribution in [3.05, 3.63) is 18.2 Å². The molecule has 2 rings (SSSR count). The summed E-state index contributed by atoms with van der Waals surface area (Å²) in [6, 6.07) is 8.06. The Morgan fingerprint density at radius 2 is 2.44 bits per heavy atom. The number of rotatable bonds is 2. The Hall–Kier alpha value is -1.89. The smallest absolute Gasteiger partial charge is 0.142 e. The highest BCUT2D eigenvalue weighted by Gasteiger charge is 2.24. The van der Waals surface area contributed by atoms with E-state index in [1.54, 1.807) is 0 Å². The highest BCUT2D eigenvalue weighted by Crippen LogP contribution is 2.35. The van der Waals surface area contributed by atoms with Crippen LogP contribution in [0.15, 0.2) is 18.2 Å². The van der Waals surface area contributed by atoms with Crippen molar-refractivity contribution in [3.63, 3.8) is 0 Å². The van der Waals surface area contributed by atoms with Crippen LogP contribution in [0.5, 0.6) is 5.75 Å². The highest BCUT2D eigenvalue weighted by atomic mass is 16.5. The number of hydrogen-bond acceptors (Lipinski definition) is 4. The first-order chi connectivity index (χ1) is 7.72. The van der Waals surface area contributed by atoms with Gasteiger partial charge in [-0.05, 0) is 24.6 Å². The Labute approximate surface area is 95.2 Å². The summed E-state index contributed by atoms with van der Waals surface area (Å²) in [7, 11) is 2.02. The standard InChI is InChI=1S/C12H15N3O/c1-15-10(3-2-6-13)8-16-12-5-4-9(14)7-11(12)15/h4-5,7,10H,2-3,8,14H2,1H3. The molecule has 0 saturated heterocycles. The Morgan fingerprint density at radius 3 is 3.19 bits per heavy atom. The summed E-state index contributed by atoms with van der Waals surface area (Å²) in [5, 5.41) is 8.59. The minimum Gasteiger partial charge on any atom is -0.489 e. The summed E-state index contributed by atoms with van der Waals surface area (Å²) < 4.78 is 5.65. The van der Waals surface area contributed by atoms with Crippen molar-refractivity contribution >= 4 is 11.4 Å². The van der Waals surface area contributed by atoms with Gasteiger partial charge in [0.2, 0.25) is 0 Å². The summed E-state index contributed by atoms with van der Waals surface area (Å²) in [4.78, 5) is 2.15. The monoisotopic (exact) mass is 217 g/mol. The number of nitrogen functional groups attached to an aromatic ring is 1. The van der Waals surface area contributed by atoms with Gasteiger partial charge in [-0.2, -0.15) is 5.26 Å². The Kier molecular flexibility index (Phi) is 2.86. The first kappa shape index (κ1) is 10.6. The number of hydrogen-bond donors (Lipinski definition) is 1. The zero-order valence-corrected chi connectivity index (χ0v) is 9.31. The summed E-state index contributed by atoms with van der Waals surface area (Å²) in [6.45, 7) is 0.634. The van der Waals surface area contributed by atoms with E-state index >= 15 is 0 Å². The van der Waals surface area contributed by atoms with E-state index in [1.165, 1.54) is 0 Å². The molecule has 0 amide bonds. The van der Waals surface area contributed by atoms with Crippen molar-refractivity contribution in [3.8, 4) is 11.8 Å². The van der Waals surface area contributed by atoms with Crippen LogP contribution in [0.1, 0.15) is 12.8 Å². The number of anilines is 2. The van der Waals surface area contributed by atoms with Crippen LogP contribution in [-0.4, -0.2) is 19.7 Å². The average Bonchev–Trinajstić information content (AvgIpc) is 2.29. The molecule has 4 nitrogen and oxygen atoms in total. The summed E-state index contributed by atoms with van der Waals surface area (Å²) in [5.74, 6) is 0.866. The summed E-state index contributed by atoms with van der Waals surface area (Å²) in [5.41, 5.74) is 7.50. The van der Waals surface area contributed by atoms with Crippen LogP contribution in [0, 0.1) is 11.3 Å². The number of nitrogens with zero attached hydrogens (tertiary/aromatic N) is 2. The van der Waals surface area contributed by atoms with Crippen molar-refractivity contribution < 1.29 is 4.74 Å². The van der Waals surface area contributed by atoms with Crippen molar-refractivity contribution in [2.45, 2.75) is 18.9 Å². The molecule has 0 aromatic heterocycles. The van der Waals surface area contributed by atoms with Crippen molar-refractivity contribution in [1.82, 2.24) is 0 Å². The second-order valence-electron chi connectivity index (χ2n) is 4.00. The maximum Gasteiger partial charge on any atom is 0.142 e. The molecule has 2 N–H and O–H groups in total. The van der Waals surface area contributed by atoms with E-state index in [0.717, 1.165) is 23.5 Å². The number of nitrogens with two attached hydrogens (primary N) is 1. The number of likely N-dealkylation sites (N-methyl/N-ethyl adjacent to an activating group) is 1. The molecule has 84 valence electrons. The number of ether oxygens (including phenoxy) is 1. The van der Waals surface area contributed by atoms with E-state index < -0.39 is 0 Å². The van der Waals surface area contributed by atoms with Gasteiger partial charge < -0.3 is 15.4 Å². The fraction of sp³-hybridized carbons (Fsp3) is 0.417. The van der Waals surface area contributed by atoms with E-state index in [0.29, 0.717) is 13.0 Å². The molecule has 0 bridgehead atoms. The van der Waals surface area contributed by atoms with E-state index in [9.17, 15) is 0 Å². The normalized spacial score (nSPS) is 18.5. The number of nitriles is 1. The Morgan fingerprint density at radius 1 is 1.62 bits per heavy atom. The van der Waals surface area contributed by atoms with Gasteiger partial charge in [0.25, 0.3) is 0 Å². The van der Waals surface area contributed by atoms with E-state index in [2.05, 4.69) is 11.0 Å². The zero-order valence-electron chi connectivity index (χ0n) is 9.31. The zero-order chi connectivity index (χ0) is 11.5. The SMILES string of the molecule is CN1c2cc(N)ccc2OCC1CCC#N. The minimum atomic E-state index is 0.258. The lowest BCUT2D eigenvalue weighted by atomic mass is 10.1. The predicted molar refractivity (Wildman–Crippen MR) is 63.4 cm³/mol. The average molecular weight is 217 g/mol. The third-order valence-electron chi connectivity index (χ3n) is 2.93. The molecule has 0 spiro atoms. The first-order valence-corrected chi connectivity index (χ1v) is 5.34. The van der Waals surface area contributed by atoms with Gasteiger partial charge in [0.15, 0.2) is 0 Å². The molecular formula is C12H15N3O. The Bertz CT molecular complexity index is 425. The van der Waals surface area contributed by atoms with Gasteiger partial charge >= 0.3 is 0 Å². The number of fused-ring (bicyclic) bond motifs is 1. The van der Waals surface area contributed by atoms with Crippen molar-refractivity contribution in [2.75, 3.05) is 24.3 Å². The molecule has 4 heteroatoms. The fourth-order valence-corrected chi connectivity index (χ4v) is 1.93. The lowest BCUT2D eigenvalue weighted by Crippen LogP contribution is -2.40. The van der Waals surface area contributed by atoms with Gasteiger partial charge in [-0.3, -0.25) is 0 Å². The van der Waals surface area contributed by atoms with Crippen molar-refractivity contribution in [2.24, 2.45) is 0 Å². The minimum absolute atomic E-state index is 0.258. The van der Waals surface area contributed by atoms with Crippen LogP contribution in [0.25, 0.3) is 0 Å². The highest BCUT2D eigenvalue weighted by molar-refractivity contribution is 5.66. The second-order valence-corrected chi connectivity index (χ2v) is 4.00. The van der Waals surface area contributed by atoms with Crippen LogP contribution >= 0.6 is 0 Å². The third-order valence-corrected chi connectivity index (χ3v) is 2.93. The van der Waals surface area contributed by atoms with Gasteiger partial charge in [-0.25, -0.2) is 0 Å². The molecule has 1 atom stereocenters. The number of benzene rings is 1. The van der Waals surface area contributed by atoms with Gasteiger partial charge in [-0.1, -0.05) is 0 Å². The Balaban J connectivity index is 2.21. The maximum absolute atomic E-state index is 8.59. The molecule has 1 heterocycles. The molecule has 0 fully saturated rings. The molecule has 1 unspecified atom stereocenters. The second kappa shape index (κ2) is 4.31. The third kappa shape index (κ3) is 1.89.